The van der Waals surface area contributed by atoms with Crippen LogP contribution in [0.2, 0.25) is 10.0 Å². The fraction of sp³-hybridized carbons (Fsp3) is 0.125. The molecule has 9 heteroatoms. The molecule has 1 N–H and O–H groups in total. The highest BCUT2D eigenvalue weighted by Crippen LogP contribution is 2.25. The molecule has 0 aromatic heterocycles. The van der Waals surface area contributed by atoms with Crippen LogP contribution in [0.4, 0.5) is 11.4 Å². The zero-order valence-corrected chi connectivity index (χ0v) is 14.4. The van der Waals surface area contributed by atoms with Gasteiger partial charge in [-0.2, -0.15) is 0 Å². The van der Waals surface area contributed by atoms with Crippen molar-refractivity contribution in [1.29, 1.82) is 0 Å². The molecule has 0 radical (unpaired) electrons. The molecule has 0 aliphatic heterocycles. The van der Waals surface area contributed by atoms with Gasteiger partial charge in [0.1, 0.15) is 0 Å². The van der Waals surface area contributed by atoms with Crippen molar-refractivity contribution in [2.24, 2.45) is 0 Å². The maximum Gasteiger partial charge on any atom is 0.341 e. The molecule has 1 unspecified atom stereocenters. The van der Waals surface area contributed by atoms with Gasteiger partial charge in [0.2, 0.25) is 0 Å². The van der Waals surface area contributed by atoms with E-state index in [1.165, 1.54) is 43.3 Å². The summed E-state index contributed by atoms with van der Waals surface area (Å²) in [5.41, 5.74) is 0.195. The average molecular weight is 383 g/mol. The van der Waals surface area contributed by atoms with Crippen LogP contribution in [0.5, 0.6) is 0 Å². The second-order valence-corrected chi connectivity index (χ2v) is 5.75. The Balaban J connectivity index is 2.02. The van der Waals surface area contributed by atoms with E-state index in [1.54, 1.807) is 6.07 Å². The predicted molar refractivity (Wildman–Crippen MR) is 93.1 cm³/mol. The van der Waals surface area contributed by atoms with Crippen molar-refractivity contribution in [3.05, 3.63) is 68.2 Å². The van der Waals surface area contributed by atoms with Gasteiger partial charge in [0, 0.05) is 17.8 Å². The molecule has 1 atom stereocenters. The molecule has 0 aliphatic rings. The monoisotopic (exact) mass is 382 g/mol. The lowest BCUT2D eigenvalue weighted by molar-refractivity contribution is -0.384. The highest BCUT2D eigenvalue weighted by atomic mass is 35.5. The fourth-order valence-corrected chi connectivity index (χ4v) is 2.43. The number of nitro benzene ring substituents is 1. The van der Waals surface area contributed by atoms with E-state index in [-0.39, 0.29) is 21.3 Å². The highest BCUT2D eigenvalue weighted by molar-refractivity contribution is 6.39. The minimum atomic E-state index is -1.13. The Morgan fingerprint density at radius 3 is 2.20 bits per heavy atom. The number of nitro groups is 1. The van der Waals surface area contributed by atoms with Crippen molar-refractivity contribution in [3.8, 4) is 0 Å². The molecule has 2 aromatic carbocycles. The van der Waals surface area contributed by atoms with Crippen molar-refractivity contribution in [2.75, 3.05) is 5.32 Å². The van der Waals surface area contributed by atoms with Crippen LogP contribution in [0.3, 0.4) is 0 Å². The van der Waals surface area contributed by atoms with Crippen LogP contribution < -0.4 is 5.32 Å². The molecular weight excluding hydrogens is 371 g/mol. The van der Waals surface area contributed by atoms with Gasteiger partial charge in [-0.25, -0.2) is 4.79 Å². The van der Waals surface area contributed by atoms with Crippen LogP contribution in [0.15, 0.2) is 42.5 Å². The molecule has 0 saturated heterocycles. The van der Waals surface area contributed by atoms with Crippen LogP contribution in [0, 0.1) is 10.1 Å². The van der Waals surface area contributed by atoms with E-state index in [4.69, 9.17) is 27.9 Å². The van der Waals surface area contributed by atoms with Crippen LogP contribution in [-0.2, 0) is 9.53 Å². The summed E-state index contributed by atoms with van der Waals surface area (Å²) in [6.45, 7) is 1.38. The first-order chi connectivity index (χ1) is 11.8. The minimum Gasteiger partial charge on any atom is -0.449 e. The Kier molecular flexibility index (Phi) is 5.95. The molecule has 7 nitrogen and oxygen atoms in total. The standard InChI is InChI=1S/C16H12Cl2N2O5/c1-9(25-16(22)14-12(17)3-2-4-13(14)18)15(21)19-10-5-7-11(8-6-10)20(23)24/h2-9H,1H3,(H,19,21). The lowest BCUT2D eigenvalue weighted by atomic mass is 10.2. The largest absolute Gasteiger partial charge is 0.449 e. The molecule has 0 heterocycles. The van der Waals surface area contributed by atoms with Crippen LogP contribution in [0.25, 0.3) is 0 Å². The number of hydrogen-bond acceptors (Lipinski definition) is 5. The van der Waals surface area contributed by atoms with Crippen LogP contribution in [0.1, 0.15) is 17.3 Å². The number of nitrogens with one attached hydrogen (secondary N) is 1. The van der Waals surface area contributed by atoms with Crippen LogP contribution in [-0.4, -0.2) is 22.9 Å². The van der Waals surface area contributed by atoms with Gasteiger partial charge >= 0.3 is 5.97 Å². The Bertz CT molecular complexity index is 804. The zero-order chi connectivity index (χ0) is 18.6. The van der Waals surface area contributed by atoms with Crippen molar-refractivity contribution < 1.29 is 19.2 Å². The average Bonchev–Trinajstić information content (AvgIpc) is 2.55. The smallest absolute Gasteiger partial charge is 0.341 e. The quantitative estimate of drug-likeness (QED) is 0.477. The number of anilines is 1. The van der Waals surface area contributed by atoms with E-state index in [2.05, 4.69) is 5.32 Å². The van der Waals surface area contributed by atoms with Crippen molar-refractivity contribution in [1.82, 2.24) is 0 Å². The molecule has 0 spiro atoms. The normalized spacial score (nSPS) is 11.5. The minimum absolute atomic E-state index is 0.0270. The van der Waals surface area contributed by atoms with Gasteiger partial charge in [0.25, 0.3) is 11.6 Å². The number of ether oxygens (including phenoxy) is 1. The van der Waals surface area contributed by atoms with Crippen molar-refractivity contribution >= 4 is 46.5 Å². The lowest BCUT2D eigenvalue weighted by Crippen LogP contribution is -2.30. The number of hydrogen-bond donors (Lipinski definition) is 1. The molecule has 2 rings (SSSR count). The Hall–Kier alpha value is -2.64. The number of nitrogens with zero attached hydrogens (tertiary/aromatic N) is 1. The third-order valence-electron chi connectivity index (χ3n) is 3.17. The van der Waals surface area contributed by atoms with E-state index in [1.807, 2.05) is 0 Å². The molecule has 2 aromatic rings. The van der Waals surface area contributed by atoms with Gasteiger partial charge in [-0.05, 0) is 31.2 Å². The molecule has 0 fully saturated rings. The maximum absolute atomic E-state index is 12.1. The third kappa shape index (κ3) is 4.68. The summed E-state index contributed by atoms with van der Waals surface area (Å²) >= 11 is 11.8. The summed E-state index contributed by atoms with van der Waals surface area (Å²) in [6.07, 6.45) is -1.13. The van der Waals surface area contributed by atoms with E-state index in [9.17, 15) is 19.7 Å². The molecular formula is C16H12Cl2N2O5. The molecule has 0 aliphatic carbocycles. The molecule has 0 bridgehead atoms. The van der Waals surface area contributed by atoms with Gasteiger partial charge in [-0.15, -0.1) is 0 Å². The van der Waals surface area contributed by atoms with Gasteiger partial charge in [-0.3, -0.25) is 14.9 Å². The van der Waals surface area contributed by atoms with E-state index in [0.717, 1.165) is 0 Å². The number of rotatable bonds is 5. The van der Waals surface area contributed by atoms with Crippen molar-refractivity contribution in [2.45, 2.75) is 13.0 Å². The number of carbonyl (C=O) groups is 2. The predicted octanol–water partition coefficient (Wildman–Crippen LogP) is 4.09. The number of halogens is 2. The highest BCUT2D eigenvalue weighted by Gasteiger charge is 2.22. The topological polar surface area (TPSA) is 98.5 Å². The van der Waals surface area contributed by atoms with Gasteiger partial charge in [0.15, 0.2) is 6.10 Å². The summed E-state index contributed by atoms with van der Waals surface area (Å²) in [5.74, 6) is -1.44. The van der Waals surface area contributed by atoms with Gasteiger partial charge in [0.05, 0.1) is 20.5 Å². The van der Waals surface area contributed by atoms with Crippen LogP contribution >= 0.6 is 23.2 Å². The Morgan fingerprint density at radius 1 is 1.12 bits per heavy atom. The summed E-state index contributed by atoms with van der Waals surface area (Å²) in [7, 11) is 0. The molecule has 1 amide bonds. The molecule has 25 heavy (non-hydrogen) atoms. The summed E-state index contributed by atoms with van der Waals surface area (Å²) in [4.78, 5) is 34.2. The Labute approximate surface area is 152 Å². The lowest BCUT2D eigenvalue weighted by Gasteiger charge is -2.14. The number of benzene rings is 2. The first-order valence-electron chi connectivity index (χ1n) is 7.00. The summed E-state index contributed by atoms with van der Waals surface area (Å²) in [6, 6.07) is 9.76. The SMILES string of the molecule is CC(OC(=O)c1c(Cl)cccc1Cl)C(=O)Nc1ccc([N+](=O)[O-])cc1. The van der Waals surface area contributed by atoms with Crippen molar-refractivity contribution in [3.63, 3.8) is 0 Å². The molecule has 130 valence electrons. The first-order valence-corrected chi connectivity index (χ1v) is 7.75. The summed E-state index contributed by atoms with van der Waals surface area (Å²) < 4.78 is 5.07. The fourth-order valence-electron chi connectivity index (χ4n) is 1.88. The van der Waals surface area contributed by atoms with E-state index in [0.29, 0.717) is 5.69 Å². The Morgan fingerprint density at radius 2 is 1.68 bits per heavy atom. The number of esters is 1. The van der Waals surface area contributed by atoms with Gasteiger partial charge < -0.3 is 10.1 Å². The van der Waals surface area contributed by atoms with Gasteiger partial charge in [-0.1, -0.05) is 29.3 Å². The summed E-state index contributed by atoms with van der Waals surface area (Å²) in [5, 5.41) is 13.3. The third-order valence-corrected chi connectivity index (χ3v) is 3.80. The molecule has 0 saturated carbocycles. The van der Waals surface area contributed by atoms with E-state index >= 15 is 0 Å². The number of non-ortho nitro benzene ring substituents is 1. The first kappa shape index (κ1) is 18.7. The number of amides is 1. The van der Waals surface area contributed by atoms with E-state index < -0.39 is 22.9 Å². The maximum atomic E-state index is 12.1. The number of carbonyl (C=O) groups excluding carboxylic acids is 2. The second-order valence-electron chi connectivity index (χ2n) is 4.94. The zero-order valence-electron chi connectivity index (χ0n) is 12.9. The second kappa shape index (κ2) is 7.96.